The SMILES string of the molecule is O=C(CCCOc1ccc(Cl)cc1Cl)Nc1ccc(C(=O)NCc2ccco2)cc1. The Balaban J connectivity index is 1.39. The second-order valence-corrected chi connectivity index (χ2v) is 7.26. The molecule has 156 valence electrons. The molecule has 2 aromatic carbocycles. The lowest BCUT2D eigenvalue weighted by atomic mass is 10.2. The summed E-state index contributed by atoms with van der Waals surface area (Å²) in [7, 11) is 0. The van der Waals surface area contributed by atoms with Crippen LogP contribution in [-0.2, 0) is 11.3 Å². The van der Waals surface area contributed by atoms with E-state index in [2.05, 4.69) is 10.6 Å². The summed E-state index contributed by atoms with van der Waals surface area (Å²) in [6, 6.07) is 15.2. The maximum absolute atomic E-state index is 12.1. The van der Waals surface area contributed by atoms with Gasteiger partial charge in [0.2, 0.25) is 5.91 Å². The highest BCUT2D eigenvalue weighted by molar-refractivity contribution is 6.35. The van der Waals surface area contributed by atoms with Crippen molar-refractivity contribution in [2.75, 3.05) is 11.9 Å². The van der Waals surface area contributed by atoms with Crippen LogP contribution in [0.15, 0.2) is 65.3 Å². The number of anilines is 1. The molecular weight excluding hydrogens is 427 g/mol. The van der Waals surface area contributed by atoms with Gasteiger partial charge in [-0.1, -0.05) is 23.2 Å². The molecule has 0 fully saturated rings. The number of halogens is 2. The van der Waals surface area contributed by atoms with Gasteiger partial charge in [0.05, 0.1) is 24.4 Å². The molecule has 2 N–H and O–H groups in total. The standard InChI is InChI=1S/C22H20Cl2N2O4/c23-16-7-10-20(19(24)13-16)30-12-2-4-21(27)26-17-8-5-15(6-9-17)22(28)25-14-18-3-1-11-29-18/h1,3,5-11,13H,2,4,12,14H2,(H,25,28)(H,26,27). The fraction of sp³-hybridized carbons (Fsp3) is 0.182. The number of carbonyl (C=O) groups is 2. The van der Waals surface area contributed by atoms with Gasteiger partial charge in [-0.15, -0.1) is 0 Å². The lowest BCUT2D eigenvalue weighted by molar-refractivity contribution is -0.116. The molecule has 0 aliphatic carbocycles. The summed E-state index contributed by atoms with van der Waals surface area (Å²) in [6.07, 6.45) is 2.37. The van der Waals surface area contributed by atoms with Crippen molar-refractivity contribution in [1.82, 2.24) is 5.32 Å². The first-order valence-electron chi connectivity index (χ1n) is 9.29. The van der Waals surface area contributed by atoms with Crippen molar-refractivity contribution in [3.05, 3.63) is 82.2 Å². The van der Waals surface area contributed by atoms with Crippen molar-refractivity contribution < 1.29 is 18.7 Å². The van der Waals surface area contributed by atoms with E-state index in [1.54, 1.807) is 60.9 Å². The Morgan fingerprint density at radius 3 is 2.53 bits per heavy atom. The number of ether oxygens (including phenoxy) is 1. The molecule has 2 amide bonds. The fourth-order valence-corrected chi connectivity index (χ4v) is 3.08. The number of amides is 2. The van der Waals surface area contributed by atoms with E-state index in [4.69, 9.17) is 32.4 Å². The first kappa shape index (κ1) is 21.7. The average Bonchev–Trinajstić information content (AvgIpc) is 3.25. The molecule has 0 atom stereocenters. The predicted octanol–water partition coefficient (Wildman–Crippen LogP) is 5.31. The second kappa shape index (κ2) is 10.7. The van der Waals surface area contributed by atoms with Crippen LogP contribution in [0.1, 0.15) is 29.0 Å². The van der Waals surface area contributed by atoms with Crippen LogP contribution >= 0.6 is 23.2 Å². The zero-order valence-corrected chi connectivity index (χ0v) is 17.5. The van der Waals surface area contributed by atoms with Crippen LogP contribution < -0.4 is 15.4 Å². The highest BCUT2D eigenvalue weighted by atomic mass is 35.5. The van der Waals surface area contributed by atoms with Crippen LogP contribution in [-0.4, -0.2) is 18.4 Å². The van der Waals surface area contributed by atoms with Gasteiger partial charge in [-0.25, -0.2) is 0 Å². The molecule has 3 rings (SSSR count). The fourth-order valence-electron chi connectivity index (χ4n) is 2.62. The van der Waals surface area contributed by atoms with Crippen LogP contribution in [0.3, 0.4) is 0 Å². The smallest absolute Gasteiger partial charge is 0.251 e. The van der Waals surface area contributed by atoms with E-state index in [-0.39, 0.29) is 18.2 Å². The molecule has 0 saturated carbocycles. The molecule has 1 aromatic heterocycles. The van der Waals surface area contributed by atoms with Crippen LogP contribution in [0.25, 0.3) is 0 Å². The summed E-state index contributed by atoms with van der Waals surface area (Å²) in [5.74, 6) is 0.843. The van der Waals surface area contributed by atoms with E-state index >= 15 is 0 Å². The van der Waals surface area contributed by atoms with Crippen molar-refractivity contribution in [2.45, 2.75) is 19.4 Å². The van der Waals surface area contributed by atoms with Gasteiger partial charge in [0.1, 0.15) is 11.5 Å². The predicted molar refractivity (Wildman–Crippen MR) is 116 cm³/mol. The Bertz CT molecular complexity index is 989. The second-order valence-electron chi connectivity index (χ2n) is 6.41. The van der Waals surface area contributed by atoms with Crippen LogP contribution in [0.4, 0.5) is 5.69 Å². The van der Waals surface area contributed by atoms with E-state index in [9.17, 15) is 9.59 Å². The van der Waals surface area contributed by atoms with Gasteiger partial charge in [0.25, 0.3) is 5.91 Å². The number of benzene rings is 2. The molecule has 0 bridgehead atoms. The Morgan fingerprint density at radius 2 is 1.83 bits per heavy atom. The Hall–Kier alpha value is -2.96. The number of carbonyl (C=O) groups excluding carboxylic acids is 2. The number of hydrogen-bond acceptors (Lipinski definition) is 4. The molecule has 6 nitrogen and oxygen atoms in total. The van der Waals surface area contributed by atoms with Gasteiger partial charge in [0, 0.05) is 22.7 Å². The summed E-state index contributed by atoms with van der Waals surface area (Å²) >= 11 is 11.9. The first-order valence-corrected chi connectivity index (χ1v) is 10.1. The minimum Gasteiger partial charge on any atom is -0.492 e. The monoisotopic (exact) mass is 446 g/mol. The van der Waals surface area contributed by atoms with Crippen molar-refractivity contribution >= 4 is 40.7 Å². The van der Waals surface area contributed by atoms with E-state index < -0.39 is 0 Å². The minimum absolute atomic E-state index is 0.143. The Labute approximate surface area is 184 Å². The molecule has 0 radical (unpaired) electrons. The van der Waals surface area contributed by atoms with Gasteiger partial charge < -0.3 is 19.8 Å². The van der Waals surface area contributed by atoms with Gasteiger partial charge >= 0.3 is 0 Å². The molecular formula is C22H20Cl2N2O4. The average molecular weight is 447 g/mol. The summed E-state index contributed by atoms with van der Waals surface area (Å²) in [4.78, 5) is 24.2. The Kier molecular flexibility index (Phi) is 7.76. The van der Waals surface area contributed by atoms with Gasteiger partial charge in [0.15, 0.2) is 0 Å². The van der Waals surface area contributed by atoms with Crippen molar-refractivity contribution in [2.24, 2.45) is 0 Å². The topological polar surface area (TPSA) is 80.6 Å². The molecule has 1 heterocycles. The molecule has 0 unspecified atom stereocenters. The largest absolute Gasteiger partial charge is 0.492 e. The van der Waals surface area contributed by atoms with Gasteiger partial charge in [-0.05, 0) is 61.0 Å². The quantitative estimate of drug-likeness (QED) is 0.436. The third kappa shape index (κ3) is 6.54. The third-order valence-electron chi connectivity index (χ3n) is 4.13. The molecule has 8 heteroatoms. The lowest BCUT2D eigenvalue weighted by Crippen LogP contribution is -2.22. The van der Waals surface area contributed by atoms with Crippen molar-refractivity contribution in [1.29, 1.82) is 0 Å². The molecule has 0 aliphatic heterocycles. The molecule has 30 heavy (non-hydrogen) atoms. The van der Waals surface area contributed by atoms with Gasteiger partial charge in [-0.3, -0.25) is 9.59 Å². The normalized spacial score (nSPS) is 10.5. The maximum atomic E-state index is 12.1. The minimum atomic E-state index is -0.220. The zero-order valence-electron chi connectivity index (χ0n) is 16.0. The number of rotatable bonds is 9. The number of nitrogens with one attached hydrogen (secondary N) is 2. The van der Waals surface area contributed by atoms with E-state index in [0.29, 0.717) is 52.4 Å². The summed E-state index contributed by atoms with van der Waals surface area (Å²) in [5.41, 5.74) is 1.11. The van der Waals surface area contributed by atoms with Gasteiger partial charge in [-0.2, -0.15) is 0 Å². The number of hydrogen-bond donors (Lipinski definition) is 2. The zero-order chi connectivity index (χ0) is 21.3. The highest BCUT2D eigenvalue weighted by Crippen LogP contribution is 2.27. The summed E-state index contributed by atoms with van der Waals surface area (Å²) in [5, 5.41) is 6.53. The van der Waals surface area contributed by atoms with Crippen molar-refractivity contribution in [3.63, 3.8) is 0 Å². The summed E-state index contributed by atoms with van der Waals surface area (Å²) in [6.45, 7) is 0.664. The van der Waals surface area contributed by atoms with Crippen molar-refractivity contribution in [3.8, 4) is 5.75 Å². The van der Waals surface area contributed by atoms with Crippen LogP contribution in [0.2, 0.25) is 10.0 Å². The molecule has 0 saturated heterocycles. The Morgan fingerprint density at radius 1 is 1.03 bits per heavy atom. The summed E-state index contributed by atoms with van der Waals surface area (Å²) < 4.78 is 10.7. The van der Waals surface area contributed by atoms with E-state index in [0.717, 1.165) is 0 Å². The molecule has 3 aromatic rings. The van der Waals surface area contributed by atoms with Crippen LogP contribution in [0, 0.1) is 0 Å². The molecule has 0 spiro atoms. The van der Waals surface area contributed by atoms with E-state index in [1.165, 1.54) is 0 Å². The highest BCUT2D eigenvalue weighted by Gasteiger charge is 2.08. The lowest BCUT2D eigenvalue weighted by Gasteiger charge is -2.09. The van der Waals surface area contributed by atoms with E-state index in [1.807, 2.05) is 0 Å². The maximum Gasteiger partial charge on any atom is 0.251 e. The first-order chi connectivity index (χ1) is 14.5. The third-order valence-corrected chi connectivity index (χ3v) is 4.66. The van der Waals surface area contributed by atoms with Crippen LogP contribution in [0.5, 0.6) is 5.75 Å². The number of furan rings is 1. The molecule has 0 aliphatic rings.